The van der Waals surface area contributed by atoms with Gasteiger partial charge >= 0.3 is 0 Å². The van der Waals surface area contributed by atoms with Crippen molar-refractivity contribution < 1.29 is 4.79 Å². The number of rotatable bonds is 8. The van der Waals surface area contributed by atoms with Crippen molar-refractivity contribution in [3.63, 3.8) is 0 Å². The molecule has 1 N–H and O–H groups in total. The molecule has 0 fully saturated rings. The predicted molar refractivity (Wildman–Crippen MR) is 126 cm³/mol. The summed E-state index contributed by atoms with van der Waals surface area (Å²) >= 11 is 0. The molecular weight excluding hydrogens is 428 g/mol. The SMILES string of the molecule is CCCc1nc(C(=O)c2ccccc2)nn1Cc1ccc(-c2ccncc2-c2nn[nH]n2)cc1. The minimum atomic E-state index is -0.168. The Morgan fingerprint density at radius 1 is 1.00 bits per heavy atom. The van der Waals surface area contributed by atoms with Crippen LogP contribution in [0, 0.1) is 0 Å². The van der Waals surface area contributed by atoms with Crippen LogP contribution in [0.2, 0.25) is 0 Å². The van der Waals surface area contributed by atoms with Crippen LogP contribution in [-0.4, -0.2) is 46.2 Å². The van der Waals surface area contributed by atoms with E-state index in [-0.39, 0.29) is 11.6 Å². The Hall–Kier alpha value is -4.53. The molecule has 5 rings (SSSR count). The molecule has 0 unspecified atom stereocenters. The molecular formula is C25H22N8O. The first-order chi connectivity index (χ1) is 16.7. The summed E-state index contributed by atoms with van der Waals surface area (Å²) in [7, 11) is 0. The number of aromatic nitrogens is 8. The second-order valence-corrected chi connectivity index (χ2v) is 7.81. The van der Waals surface area contributed by atoms with E-state index in [2.05, 4.69) is 42.6 Å². The van der Waals surface area contributed by atoms with Gasteiger partial charge in [0.1, 0.15) is 5.82 Å². The van der Waals surface area contributed by atoms with Crippen molar-refractivity contribution in [1.29, 1.82) is 0 Å². The smallest absolute Gasteiger partial charge is 0.232 e. The van der Waals surface area contributed by atoms with Crippen LogP contribution in [0.4, 0.5) is 0 Å². The van der Waals surface area contributed by atoms with E-state index < -0.39 is 0 Å². The Labute approximate surface area is 195 Å². The molecule has 9 heteroatoms. The third-order valence-corrected chi connectivity index (χ3v) is 5.47. The van der Waals surface area contributed by atoms with E-state index in [1.54, 1.807) is 24.5 Å². The lowest BCUT2D eigenvalue weighted by Crippen LogP contribution is -2.08. The molecule has 2 aromatic carbocycles. The van der Waals surface area contributed by atoms with Crippen LogP contribution >= 0.6 is 0 Å². The minimum absolute atomic E-state index is 0.168. The molecule has 34 heavy (non-hydrogen) atoms. The van der Waals surface area contributed by atoms with Crippen LogP contribution in [0.1, 0.15) is 40.9 Å². The zero-order valence-corrected chi connectivity index (χ0v) is 18.6. The lowest BCUT2D eigenvalue weighted by atomic mass is 10.00. The molecule has 0 spiro atoms. The molecule has 0 saturated carbocycles. The van der Waals surface area contributed by atoms with Gasteiger partial charge < -0.3 is 0 Å². The van der Waals surface area contributed by atoms with Gasteiger partial charge in [0.05, 0.1) is 6.54 Å². The van der Waals surface area contributed by atoms with Gasteiger partial charge in [0.15, 0.2) is 0 Å². The zero-order chi connectivity index (χ0) is 23.3. The molecule has 0 aliphatic rings. The number of benzene rings is 2. The lowest BCUT2D eigenvalue weighted by molar-refractivity contribution is 0.102. The normalized spacial score (nSPS) is 11.0. The van der Waals surface area contributed by atoms with Crippen LogP contribution in [-0.2, 0) is 13.0 Å². The van der Waals surface area contributed by atoms with Crippen LogP contribution < -0.4 is 0 Å². The van der Waals surface area contributed by atoms with Crippen LogP contribution in [0.5, 0.6) is 0 Å². The van der Waals surface area contributed by atoms with Crippen LogP contribution in [0.3, 0.4) is 0 Å². The highest BCUT2D eigenvalue weighted by Crippen LogP contribution is 2.29. The minimum Gasteiger partial charge on any atom is -0.285 e. The first-order valence-corrected chi connectivity index (χ1v) is 11.0. The predicted octanol–water partition coefficient (Wildman–Crippen LogP) is 3.75. The molecule has 0 saturated heterocycles. The van der Waals surface area contributed by atoms with Crippen molar-refractivity contribution >= 4 is 5.78 Å². The number of aryl methyl sites for hydroxylation is 1. The monoisotopic (exact) mass is 450 g/mol. The molecule has 3 aromatic heterocycles. The van der Waals surface area contributed by atoms with E-state index in [1.165, 1.54) is 0 Å². The number of nitrogens with one attached hydrogen (secondary N) is 1. The molecule has 0 amide bonds. The molecule has 9 nitrogen and oxygen atoms in total. The third kappa shape index (κ3) is 4.36. The standard InChI is InChI=1S/C25H22N8O/c1-2-6-22-27-25(23(34)19-7-4-3-5-8-19)30-33(22)16-17-9-11-18(12-10-17)20-13-14-26-15-21(20)24-28-31-32-29-24/h3-5,7-15H,2,6,16H2,1H3,(H,28,29,31,32). The number of hydrogen-bond acceptors (Lipinski definition) is 7. The van der Waals surface area contributed by atoms with Crippen molar-refractivity contribution in [3.05, 3.63) is 95.8 Å². The number of aromatic amines is 1. The Morgan fingerprint density at radius 2 is 1.82 bits per heavy atom. The average Bonchev–Trinajstić information content (AvgIpc) is 3.56. The van der Waals surface area contributed by atoms with Crippen LogP contribution in [0.15, 0.2) is 73.1 Å². The summed E-state index contributed by atoms with van der Waals surface area (Å²) in [5.74, 6) is 1.36. The molecule has 0 aliphatic heterocycles. The topological polar surface area (TPSA) is 115 Å². The van der Waals surface area contributed by atoms with Crippen molar-refractivity contribution in [2.45, 2.75) is 26.3 Å². The van der Waals surface area contributed by atoms with Gasteiger partial charge in [-0.25, -0.2) is 9.67 Å². The highest BCUT2D eigenvalue weighted by atomic mass is 16.1. The fourth-order valence-corrected chi connectivity index (χ4v) is 3.79. The molecule has 0 atom stereocenters. The lowest BCUT2D eigenvalue weighted by Gasteiger charge is -2.09. The molecule has 168 valence electrons. The Kier molecular flexibility index (Phi) is 5.98. The zero-order valence-electron chi connectivity index (χ0n) is 18.6. The number of pyridine rings is 1. The van der Waals surface area contributed by atoms with Crippen molar-refractivity contribution in [3.8, 4) is 22.5 Å². The summed E-state index contributed by atoms with van der Waals surface area (Å²) < 4.78 is 1.83. The highest BCUT2D eigenvalue weighted by Gasteiger charge is 2.18. The summed E-state index contributed by atoms with van der Waals surface area (Å²) in [5.41, 5.74) is 4.42. The highest BCUT2D eigenvalue weighted by molar-refractivity contribution is 6.06. The van der Waals surface area contributed by atoms with E-state index in [1.807, 2.05) is 53.2 Å². The third-order valence-electron chi connectivity index (χ3n) is 5.47. The second kappa shape index (κ2) is 9.53. The first kappa shape index (κ1) is 21.3. The van der Waals surface area contributed by atoms with Crippen LogP contribution in [0.25, 0.3) is 22.5 Å². The second-order valence-electron chi connectivity index (χ2n) is 7.81. The molecule has 3 heterocycles. The Morgan fingerprint density at radius 3 is 2.56 bits per heavy atom. The van der Waals surface area contributed by atoms with Gasteiger partial charge in [-0.1, -0.05) is 61.5 Å². The maximum Gasteiger partial charge on any atom is 0.232 e. The molecule has 0 aliphatic carbocycles. The fourth-order valence-electron chi connectivity index (χ4n) is 3.79. The summed E-state index contributed by atoms with van der Waals surface area (Å²) in [6.07, 6.45) is 5.13. The molecule has 0 radical (unpaired) electrons. The van der Waals surface area contributed by atoms with Gasteiger partial charge in [-0.3, -0.25) is 9.78 Å². The largest absolute Gasteiger partial charge is 0.285 e. The molecule has 0 bridgehead atoms. The van der Waals surface area contributed by atoms with Gasteiger partial charge in [-0.2, -0.15) is 5.21 Å². The number of tetrazole rings is 1. The van der Waals surface area contributed by atoms with Gasteiger partial charge in [0.2, 0.25) is 17.4 Å². The number of H-pyrrole nitrogens is 1. The van der Waals surface area contributed by atoms with Gasteiger partial charge in [-0.05, 0) is 34.4 Å². The van der Waals surface area contributed by atoms with E-state index in [0.717, 1.165) is 40.9 Å². The summed E-state index contributed by atoms with van der Waals surface area (Å²) in [6.45, 7) is 2.61. The summed E-state index contributed by atoms with van der Waals surface area (Å²) in [4.78, 5) is 21.6. The quantitative estimate of drug-likeness (QED) is 0.358. The number of nitrogens with zero attached hydrogens (tertiary/aromatic N) is 7. The van der Waals surface area contributed by atoms with Gasteiger partial charge in [-0.15, -0.1) is 15.3 Å². The first-order valence-electron chi connectivity index (χ1n) is 11.0. The van der Waals surface area contributed by atoms with Crippen molar-refractivity contribution in [2.24, 2.45) is 0 Å². The van der Waals surface area contributed by atoms with E-state index in [9.17, 15) is 4.79 Å². The van der Waals surface area contributed by atoms with E-state index >= 15 is 0 Å². The van der Waals surface area contributed by atoms with E-state index in [4.69, 9.17) is 0 Å². The van der Waals surface area contributed by atoms with Gasteiger partial charge in [0, 0.05) is 29.9 Å². The van der Waals surface area contributed by atoms with Gasteiger partial charge in [0.25, 0.3) is 0 Å². The molecule has 5 aromatic rings. The summed E-state index contributed by atoms with van der Waals surface area (Å²) in [5, 5.41) is 18.8. The number of carbonyl (C=O) groups excluding carboxylic acids is 1. The maximum atomic E-state index is 12.8. The van der Waals surface area contributed by atoms with Crippen molar-refractivity contribution in [2.75, 3.05) is 0 Å². The van der Waals surface area contributed by atoms with Crippen molar-refractivity contribution in [1.82, 2.24) is 40.4 Å². The summed E-state index contributed by atoms with van der Waals surface area (Å²) in [6, 6.07) is 19.2. The maximum absolute atomic E-state index is 12.8. The average molecular weight is 451 g/mol. The number of carbonyl (C=O) groups is 1. The number of ketones is 1. The Bertz CT molecular complexity index is 1390. The van der Waals surface area contributed by atoms with E-state index in [0.29, 0.717) is 17.9 Å². The Balaban J connectivity index is 1.41. The number of hydrogen-bond donors (Lipinski definition) is 1. The fraction of sp³-hybridized carbons (Fsp3) is 0.160.